The Labute approximate surface area is 166 Å². The van der Waals surface area contributed by atoms with Crippen molar-refractivity contribution in [1.82, 2.24) is 15.2 Å². The third-order valence-corrected chi connectivity index (χ3v) is 5.29. The van der Waals surface area contributed by atoms with Crippen LogP contribution < -0.4 is 10.1 Å². The number of benzene rings is 1. The van der Waals surface area contributed by atoms with Gasteiger partial charge in [-0.1, -0.05) is 25.4 Å². The molecule has 1 aromatic carbocycles. The molecule has 1 amide bonds. The molecule has 0 radical (unpaired) electrons. The number of ether oxygens (including phenoxy) is 1. The first kappa shape index (κ1) is 19.9. The van der Waals surface area contributed by atoms with Crippen LogP contribution in [0, 0.1) is 11.8 Å². The average molecular weight is 390 g/mol. The van der Waals surface area contributed by atoms with Gasteiger partial charge in [-0.05, 0) is 55.5 Å². The minimum Gasteiger partial charge on any atom is -0.481 e. The van der Waals surface area contributed by atoms with E-state index < -0.39 is 0 Å². The molecule has 0 spiro atoms. The van der Waals surface area contributed by atoms with Gasteiger partial charge in [-0.15, -0.1) is 0 Å². The number of piperidine rings is 1. The first-order valence-electron chi connectivity index (χ1n) is 9.68. The fourth-order valence-corrected chi connectivity index (χ4v) is 4.14. The Kier molecular flexibility index (Phi) is 6.91. The standard InChI is InChI=1S/C21H28ClN3O2/c1-15-11-16(2)13-25(12-15)10-4-9-23-20(26)14-27-19-7-6-18(22)17-5-3-8-24-21(17)19/h3,5-8,15-16H,4,9-14H2,1-2H3,(H,23,26). The van der Waals surface area contributed by atoms with Gasteiger partial charge in [-0.3, -0.25) is 9.78 Å². The van der Waals surface area contributed by atoms with Crippen LogP contribution in [-0.2, 0) is 4.79 Å². The Morgan fingerprint density at radius 1 is 1.30 bits per heavy atom. The first-order chi connectivity index (χ1) is 13.0. The van der Waals surface area contributed by atoms with Crippen LogP contribution in [0.25, 0.3) is 10.9 Å². The van der Waals surface area contributed by atoms with Gasteiger partial charge in [0.1, 0.15) is 11.3 Å². The van der Waals surface area contributed by atoms with Gasteiger partial charge in [0.25, 0.3) is 5.91 Å². The molecule has 1 saturated heterocycles. The molecule has 1 aliphatic rings. The summed E-state index contributed by atoms with van der Waals surface area (Å²) >= 11 is 6.18. The van der Waals surface area contributed by atoms with E-state index in [0.717, 1.165) is 43.3 Å². The van der Waals surface area contributed by atoms with Gasteiger partial charge in [0.2, 0.25) is 0 Å². The Morgan fingerprint density at radius 3 is 2.85 bits per heavy atom. The number of rotatable bonds is 7. The van der Waals surface area contributed by atoms with E-state index in [9.17, 15) is 4.79 Å². The highest BCUT2D eigenvalue weighted by Gasteiger charge is 2.21. The van der Waals surface area contributed by atoms with Crippen LogP contribution in [0.2, 0.25) is 5.02 Å². The molecular formula is C21H28ClN3O2. The number of carbonyl (C=O) groups excluding carboxylic acids is 1. The lowest BCUT2D eigenvalue weighted by Gasteiger charge is -2.34. The highest BCUT2D eigenvalue weighted by molar-refractivity contribution is 6.35. The Bertz CT molecular complexity index is 773. The van der Waals surface area contributed by atoms with E-state index in [1.165, 1.54) is 6.42 Å². The lowest BCUT2D eigenvalue weighted by Crippen LogP contribution is -2.40. The van der Waals surface area contributed by atoms with Crippen LogP contribution >= 0.6 is 11.6 Å². The number of likely N-dealkylation sites (tertiary alicyclic amines) is 1. The van der Waals surface area contributed by atoms with Gasteiger partial charge in [-0.2, -0.15) is 0 Å². The smallest absolute Gasteiger partial charge is 0.257 e. The maximum atomic E-state index is 12.1. The Balaban J connectivity index is 1.41. The van der Waals surface area contributed by atoms with Crippen molar-refractivity contribution in [1.29, 1.82) is 0 Å². The van der Waals surface area contributed by atoms with Crippen LogP contribution in [0.4, 0.5) is 0 Å². The number of nitrogens with one attached hydrogen (secondary N) is 1. The molecule has 27 heavy (non-hydrogen) atoms. The average Bonchev–Trinajstić information content (AvgIpc) is 2.64. The summed E-state index contributed by atoms with van der Waals surface area (Å²) in [5.74, 6) is 1.98. The predicted molar refractivity (Wildman–Crippen MR) is 109 cm³/mol. The Hall–Kier alpha value is -1.85. The summed E-state index contributed by atoms with van der Waals surface area (Å²) in [7, 11) is 0. The number of halogens is 1. The molecule has 1 fully saturated rings. The van der Waals surface area contributed by atoms with E-state index in [-0.39, 0.29) is 12.5 Å². The minimum absolute atomic E-state index is 0.0227. The molecule has 2 heterocycles. The second-order valence-electron chi connectivity index (χ2n) is 7.64. The number of hydrogen-bond acceptors (Lipinski definition) is 4. The number of hydrogen-bond donors (Lipinski definition) is 1. The second kappa shape index (κ2) is 9.38. The van der Waals surface area contributed by atoms with Gasteiger partial charge in [0.05, 0.1) is 5.02 Å². The third kappa shape index (κ3) is 5.56. The molecule has 1 aliphatic heterocycles. The molecule has 2 unspecified atom stereocenters. The Morgan fingerprint density at radius 2 is 2.07 bits per heavy atom. The molecule has 5 nitrogen and oxygen atoms in total. The molecule has 0 bridgehead atoms. The van der Waals surface area contributed by atoms with Crippen molar-refractivity contribution in [2.75, 3.05) is 32.8 Å². The van der Waals surface area contributed by atoms with Crippen LogP contribution in [-0.4, -0.2) is 48.6 Å². The van der Waals surface area contributed by atoms with E-state index in [0.29, 0.717) is 22.8 Å². The van der Waals surface area contributed by atoms with Gasteiger partial charge in [0, 0.05) is 31.2 Å². The maximum absolute atomic E-state index is 12.1. The van der Waals surface area contributed by atoms with Crippen molar-refractivity contribution in [3.8, 4) is 5.75 Å². The van der Waals surface area contributed by atoms with E-state index in [4.69, 9.17) is 16.3 Å². The number of aromatic nitrogens is 1. The SMILES string of the molecule is CC1CC(C)CN(CCCNC(=O)COc2ccc(Cl)c3cccnc23)C1. The number of pyridine rings is 1. The topological polar surface area (TPSA) is 54.5 Å². The molecule has 0 saturated carbocycles. The summed E-state index contributed by atoms with van der Waals surface area (Å²) in [5.41, 5.74) is 0.672. The third-order valence-electron chi connectivity index (χ3n) is 4.96. The zero-order valence-electron chi connectivity index (χ0n) is 16.1. The largest absolute Gasteiger partial charge is 0.481 e. The van der Waals surface area contributed by atoms with Crippen molar-refractivity contribution in [2.45, 2.75) is 26.7 Å². The summed E-state index contributed by atoms with van der Waals surface area (Å²) in [5, 5.41) is 4.38. The lowest BCUT2D eigenvalue weighted by atomic mass is 9.92. The summed E-state index contributed by atoms with van der Waals surface area (Å²) in [6.07, 6.45) is 3.96. The maximum Gasteiger partial charge on any atom is 0.257 e. The quantitative estimate of drug-likeness (QED) is 0.733. The molecule has 3 rings (SSSR count). The molecule has 2 atom stereocenters. The highest BCUT2D eigenvalue weighted by atomic mass is 35.5. The van der Waals surface area contributed by atoms with Gasteiger partial charge in [-0.25, -0.2) is 0 Å². The number of fused-ring (bicyclic) bond motifs is 1. The van der Waals surface area contributed by atoms with Gasteiger partial charge < -0.3 is 15.0 Å². The van der Waals surface area contributed by atoms with Crippen LogP contribution in [0.15, 0.2) is 30.5 Å². The molecule has 0 aliphatic carbocycles. The first-order valence-corrected chi connectivity index (χ1v) is 10.1. The van der Waals surface area contributed by atoms with E-state index >= 15 is 0 Å². The summed E-state index contributed by atoms with van der Waals surface area (Å²) in [6, 6.07) is 7.23. The zero-order valence-corrected chi connectivity index (χ0v) is 16.8. The van der Waals surface area contributed by atoms with Gasteiger partial charge in [0.15, 0.2) is 6.61 Å². The molecule has 6 heteroatoms. The monoisotopic (exact) mass is 389 g/mol. The van der Waals surface area contributed by atoms with E-state index in [1.54, 1.807) is 18.3 Å². The fourth-order valence-electron chi connectivity index (χ4n) is 3.93. The molecular weight excluding hydrogens is 362 g/mol. The molecule has 146 valence electrons. The zero-order chi connectivity index (χ0) is 19.2. The molecule has 1 aromatic heterocycles. The predicted octanol–water partition coefficient (Wildman–Crippen LogP) is 3.75. The van der Waals surface area contributed by atoms with Crippen molar-refractivity contribution < 1.29 is 9.53 Å². The van der Waals surface area contributed by atoms with Crippen molar-refractivity contribution in [2.24, 2.45) is 11.8 Å². The minimum atomic E-state index is -0.116. The second-order valence-corrected chi connectivity index (χ2v) is 8.05. The van der Waals surface area contributed by atoms with Crippen molar-refractivity contribution in [3.05, 3.63) is 35.5 Å². The number of carbonyl (C=O) groups is 1. The normalized spacial score (nSPS) is 20.6. The lowest BCUT2D eigenvalue weighted by molar-refractivity contribution is -0.123. The highest BCUT2D eigenvalue weighted by Crippen LogP contribution is 2.29. The van der Waals surface area contributed by atoms with Crippen LogP contribution in [0.5, 0.6) is 5.75 Å². The summed E-state index contributed by atoms with van der Waals surface area (Å²) in [6.45, 7) is 8.64. The van der Waals surface area contributed by atoms with Crippen molar-refractivity contribution >= 4 is 28.4 Å². The molecule has 1 N–H and O–H groups in total. The summed E-state index contributed by atoms with van der Waals surface area (Å²) < 4.78 is 5.67. The number of amides is 1. The van der Waals surface area contributed by atoms with E-state index in [1.807, 2.05) is 12.1 Å². The fraction of sp³-hybridized carbons (Fsp3) is 0.524. The van der Waals surface area contributed by atoms with Crippen molar-refractivity contribution in [3.63, 3.8) is 0 Å². The number of nitrogens with zero attached hydrogens (tertiary/aromatic N) is 2. The van der Waals surface area contributed by atoms with Crippen LogP contribution in [0.1, 0.15) is 26.7 Å². The summed E-state index contributed by atoms with van der Waals surface area (Å²) in [4.78, 5) is 18.9. The van der Waals surface area contributed by atoms with Crippen LogP contribution in [0.3, 0.4) is 0 Å². The van der Waals surface area contributed by atoms with Gasteiger partial charge >= 0.3 is 0 Å². The van der Waals surface area contributed by atoms with E-state index in [2.05, 4.69) is 29.0 Å². The molecule has 2 aromatic rings.